The second-order valence-electron chi connectivity index (χ2n) is 10.7. The van der Waals surface area contributed by atoms with E-state index in [-0.39, 0.29) is 49.4 Å². The Morgan fingerprint density at radius 2 is 1.68 bits per heavy atom. The van der Waals surface area contributed by atoms with E-state index in [1.54, 1.807) is 0 Å². The molecule has 0 amide bonds. The van der Waals surface area contributed by atoms with Crippen LogP contribution in [0.25, 0.3) is 32.9 Å². The number of allylic oxidation sites excluding steroid dienone is 2. The average molecular weight is 731 g/mol. The van der Waals surface area contributed by atoms with Gasteiger partial charge in [-0.15, -0.1) is 23.8 Å². The third-order valence-electron chi connectivity index (χ3n) is 7.61. The van der Waals surface area contributed by atoms with E-state index >= 15 is 0 Å². The molecule has 4 nitrogen and oxygen atoms in total. The van der Waals surface area contributed by atoms with Gasteiger partial charge in [0.25, 0.3) is 0 Å². The molecule has 0 fully saturated rings. The largest absolute Gasteiger partial charge is 0.512 e. The van der Waals surface area contributed by atoms with Crippen molar-refractivity contribution >= 4 is 27.5 Å². The summed E-state index contributed by atoms with van der Waals surface area (Å²) in [4.78, 5) is 16.6. The molecule has 1 N–H and O–H groups in total. The molecule has 4 aromatic rings. The molecule has 1 aliphatic rings. The van der Waals surface area contributed by atoms with Crippen LogP contribution in [0.15, 0.2) is 66.4 Å². The first-order valence-electron chi connectivity index (χ1n) is 15.6. The van der Waals surface area contributed by atoms with Crippen LogP contribution in [-0.4, -0.2) is 15.9 Å². The molecule has 0 spiro atoms. The SMILES string of the molecule is CCC(CC)C(=O)/C=C(\O)C(CC)CC.[2H]C([2H])(c1cccc2nc3c(cc12)Oc1cccc2cc[c-]c-3c12)C(C)C.[Ir]. The number of aliphatic hydroxyl groups excluding tert-OH is 1. The second-order valence-corrected chi connectivity index (χ2v) is 10.7. The molecule has 0 saturated heterocycles. The van der Waals surface area contributed by atoms with Crippen molar-refractivity contribution in [3.05, 3.63) is 78.1 Å². The quantitative estimate of drug-likeness (QED) is 0.0932. The summed E-state index contributed by atoms with van der Waals surface area (Å²) < 4.78 is 23.3. The van der Waals surface area contributed by atoms with Gasteiger partial charge in [0.15, 0.2) is 5.78 Å². The van der Waals surface area contributed by atoms with Crippen LogP contribution in [0.4, 0.5) is 0 Å². The van der Waals surface area contributed by atoms with Gasteiger partial charge in [0.1, 0.15) is 5.75 Å². The topological polar surface area (TPSA) is 59.4 Å². The molecule has 0 atom stereocenters. The average Bonchev–Trinajstić information content (AvgIpc) is 2.97. The first-order valence-corrected chi connectivity index (χ1v) is 14.6. The van der Waals surface area contributed by atoms with E-state index < -0.39 is 6.37 Å². The van der Waals surface area contributed by atoms with Gasteiger partial charge in [-0.05, 0) is 61.7 Å². The number of fused-ring (bicyclic) bond motifs is 3. The van der Waals surface area contributed by atoms with Gasteiger partial charge in [-0.1, -0.05) is 76.6 Å². The number of hydrogen-bond donors (Lipinski definition) is 1. The molecule has 1 aliphatic heterocycles. The van der Waals surface area contributed by atoms with Crippen molar-refractivity contribution in [2.75, 3.05) is 0 Å². The van der Waals surface area contributed by atoms with Crippen LogP contribution in [0.3, 0.4) is 0 Å². The minimum absolute atomic E-state index is 0. The second kappa shape index (κ2) is 14.8. The summed E-state index contributed by atoms with van der Waals surface area (Å²) in [7, 11) is 0. The summed E-state index contributed by atoms with van der Waals surface area (Å²) in [6.07, 6.45) is 3.46. The van der Waals surface area contributed by atoms with Crippen molar-refractivity contribution in [3.63, 3.8) is 0 Å². The van der Waals surface area contributed by atoms with Gasteiger partial charge in [-0.2, -0.15) is 0 Å². The zero-order valence-electron chi connectivity index (χ0n) is 26.9. The molecule has 3 aromatic carbocycles. The van der Waals surface area contributed by atoms with E-state index in [1.165, 1.54) is 6.08 Å². The molecule has 5 heteroatoms. The fourth-order valence-electron chi connectivity index (χ4n) is 5.28. The predicted octanol–water partition coefficient (Wildman–Crippen LogP) is 10.0. The van der Waals surface area contributed by atoms with Crippen molar-refractivity contribution in [3.8, 4) is 22.8 Å². The number of ketones is 1. The Hall–Kier alpha value is -3.01. The van der Waals surface area contributed by atoms with Crippen molar-refractivity contribution in [2.45, 2.75) is 73.6 Å². The molecule has 2 heterocycles. The molecule has 0 bridgehead atoms. The zero-order chi connectivity index (χ0) is 30.6. The van der Waals surface area contributed by atoms with Crippen molar-refractivity contribution < 1.29 is 37.5 Å². The maximum atomic E-state index is 11.7. The number of aliphatic hydroxyl groups is 1. The molecular weight excluding hydrogens is 687 g/mol. The van der Waals surface area contributed by atoms with E-state index in [9.17, 15) is 9.90 Å². The van der Waals surface area contributed by atoms with Crippen molar-refractivity contribution in [1.29, 1.82) is 0 Å². The number of benzene rings is 3. The van der Waals surface area contributed by atoms with Gasteiger partial charge in [-0.3, -0.25) is 9.78 Å². The van der Waals surface area contributed by atoms with Gasteiger partial charge in [0, 0.05) is 51.8 Å². The van der Waals surface area contributed by atoms with Crippen LogP contribution in [0.1, 0.15) is 75.5 Å². The third-order valence-corrected chi connectivity index (χ3v) is 7.61. The van der Waals surface area contributed by atoms with Gasteiger partial charge in [0.05, 0.1) is 17.0 Å². The number of nitrogens with zero attached hydrogens (tertiary/aromatic N) is 1. The normalized spacial score (nSPS) is 13.2. The molecule has 1 radical (unpaired) electrons. The number of aromatic nitrogens is 1. The van der Waals surface area contributed by atoms with E-state index in [2.05, 4.69) is 12.1 Å². The Balaban J connectivity index is 0.000000274. The van der Waals surface area contributed by atoms with Gasteiger partial charge in [-0.25, -0.2) is 0 Å². The van der Waals surface area contributed by atoms with Crippen molar-refractivity contribution in [1.82, 2.24) is 4.98 Å². The molecule has 5 rings (SSSR count). The monoisotopic (exact) mass is 731 g/mol. The Morgan fingerprint density at radius 1 is 1.00 bits per heavy atom. The summed E-state index contributed by atoms with van der Waals surface area (Å²) in [5.74, 6) is 1.84. The Morgan fingerprint density at radius 3 is 2.34 bits per heavy atom. The smallest absolute Gasteiger partial charge is 0.162 e. The molecule has 0 aliphatic carbocycles. The van der Waals surface area contributed by atoms with Crippen LogP contribution in [0.5, 0.6) is 11.5 Å². The first-order chi connectivity index (χ1) is 20.1. The number of rotatable bonds is 9. The Labute approximate surface area is 261 Å². The summed E-state index contributed by atoms with van der Waals surface area (Å²) in [5, 5.41) is 12.7. The third kappa shape index (κ3) is 7.26. The number of hydrogen-bond acceptors (Lipinski definition) is 4. The van der Waals surface area contributed by atoms with E-state index in [1.807, 2.05) is 90.1 Å². The first kappa shape index (κ1) is 29.5. The number of ether oxygens (including phenoxy) is 1. The molecule has 41 heavy (non-hydrogen) atoms. The summed E-state index contributed by atoms with van der Waals surface area (Å²) in [6.45, 7) is 11.9. The summed E-state index contributed by atoms with van der Waals surface area (Å²) in [5.41, 5.74) is 3.11. The number of carbonyl (C=O) groups is 1. The standard InChI is InChI=1S/C23H18NO.C13H24O2.Ir/c1-14(2)12-16-8-4-10-19-18(16)13-21-23(24-19)17-9-3-6-15-7-5-11-20(25-21)22(15)17;1-5-10(6-2)12(14)9-13(15)11(7-3)8-4;/h3-8,10-11,13-14H,12H2,1-2H3;9-11,14H,5-8H2,1-4H3;/q-1;;/b;12-9-;/i12D2;;. The van der Waals surface area contributed by atoms with Crippen LogP contribution < -0.4 is 4.74 Å². The Kier molecular flexibility index (Phi) is 10.6. The number of carbonyl (C=O) groups excluding carboxylic acids is 1. The van der Waals surface area contributed by atoms with Crippen molar-refractivity contribution in [2.24, 2.45) is 17.8 Å². The van der Waals surface area contributed by atoms with Gasteiger partial charge >= 0.3 is 0 Å². The van der Waals surface area contributed by atoms with E-state index in [4.69, 9.17) is 12.5 Å². The van der Waals surface area contributed by atoms with Crippen LogP contribution >= 0.6 is 0 Å². The summed E-state index contributed by atoms with van der Waals surface area (Å²) in [6, 6.07) is 20.8. The fraction of sp³-hybridized carbons (Fsp3) is 0.389. The van der Waals surface area contributed by atoms with Gasteiger partial charge < -0.3 is 9.84 Å². The zero-order valence-corrected chi connectivity index (χ0v) is 27.3. The Bertz CT molecular complexity index is 1600. The summed E-state index contributed by atoms with van der Waals surface area (Å²) >= 11 is 0. The maximum absolute atomic E-state index is 11.7. The van der Waals surface area contributed by atoms with Crippen LogP contribution in [-0.2, 0) is 31.3 Å². The fourth-order valence-corrected chi connectivity index (χ4v) is 5.28. The minimum atomic E-state index is -1.45. The molecular formula is C36H42IrNO3-. The van der Waals surface area contributed by atoms with Crippen LogP contribution in [0, 0.1) is 23.8 Å². The molecule has 219 valence electrons. The molecule has 0 unspecified atom stereocenters. The predicted molar refractivity (Wildman–Crippen MR) is 166 cm³/mol. The minimum Gasteiger partial charge on any atom is -0.512 e. The van der Waals surface area contributed by atoms with E-state index in [0.717, 1.165) is 64.4 Å². The van der Waals surface area contributed by atoms with Crippen LogP contribution in [0.2, 0.25) is 0 Å². The number of pyridine rings is 1. The molecule has 0 saturated carbocycles. The maximum Gasteiger partial charge on any atom is 0.162 e. The molecule has 1 aromatic heterocycles. The van der Waals surface area contributed by atoms with E-state index in [0.29, 0.717) is 11.3 Å². The van der Waals surface area contributed by atoms with Gasteiger partial charge in [0.2, 0.25) is 0 Å².